The number of aromatic nitrogens is 1. The highest BCUT2D eigenvalue weighted by Gasteiger charge is 2.22. The topological polar surface area (TPSA) is 8.17 Å². The Bertz CT molecular complexity index is 2390. The van der Waals surface area contributed by atoms with Gasteiger partial charge in [-0.1, -0.05) is 121 Å². The van der Waals surface area contributed by atoms with E-state index in [0.29, 0.717) is 0 Å². The number of fused-ring (bicyclic) bond motifs is 6. The fourth-order valence-electron chi connectivity index (χ4n) is 7.37. The van der Waals surface area contributed by atoms with Gasteiger partial charge in [0.15, 0.2) is 0 Å². The molecule has 2 nitrogen and oxygen atoms in total. The van der Waals surface area contributed by atoms with Crippen LogP contribution in [-0.2, 0) is 6.42 Å². The molecular weight excluding hydrogens is 556 g/mol. The van der Waals surface area contributed by atoms with Crippen LogP contribution in [0.5, 0.6) is 0 Å². The average Bonchev–Trinajstić information content (AvgIpc) is 3.47. The second-order valence-electron chi connectivity index (χ2n) is 12.1. The molecule has 1 aliphatic carbocycles. The zero-order valence-electron chi connectivity index (χ0n) is 25.5. The van der Waals surface area contributed by atoms with Gasteiger partial charge in [0.2, 0.25) is 0 Å². The lowest BCUT2D eigenvalue weighted by Gasteiger charge is -2.27. The van der Waals surface area contributed by atoms with Crippen molar-refractivity contribution < 1.29 is 0 Å². The van der Waals surface area contributed by atoms with Crippen molar-refractivity contribution in [2.75, 3.05) is 4.90 Å². The van der Waals surface area contributed by atoms with Crippen molar-refractivity contribution in [3.05, 3.63) is 175 Å². The molecule has 1 heterocycles. The van der Waals surface area contributed by atoms with E-state index in [9.17, 15) is 0 Å². The molecule has 0 atom stereocenters. The molecule has 0 saturated heterocycles. The smallest absolute Gasteiger partial charge is 0.0616 e. The molecule has 0 unspecified atom stereocenters. The van der Waals surface area contributed by atoms with Crippen LogP contribution in [0.3, 0.4) is 0 Å². The van der Waals surface area contributed by atoms with Gasteiger partial charge in [0, 0.05) is 44.5 Å². The Labute approximate surface area is 269 Å². The van der Waals surface area contributed by atoms with Crippen LogP contribution in [0, 0.1) is 0 Å². The van der Waals surface area contributed by atoms with E-state index in [-0.39, 0.29) is 0 Å². The molecular formula is C44H32N2. The van der Waals surface area contributed by atoms with Gasteiger partial charge in [-0.2, -0.15) is 0 Å². The van der Waals surface area contributed by atoms with Gasteiger partial charge in [0.1, 0.15) is 0 Å². The van der Waals surface area contributed by atoms with Crippen molar-refractivity contribution in [1.82, 2.24) is 4.57 Å². The molecule has 9 rings (SSSR count). The lowest BCUT2D eigenvalue weighted by Crippen LogP contribution is -2.10. The van der Waals surface area contributed by atoms with E-state index >= 15 is 0 Å². The normalized spacial score (nSPS) is 12.5. The van der Waals surface area contributed by atoms with Crippen LogP contribution in [0.2, 0.25) is 0 Å². The van der Waals surface area contributed by atoms with Gasteiger partial charge in [-0.25, -0.2) is 0 Å². The van der Waals surface area contributed by atoms with Crippen molar-refractivity contribution in [3.63, 3.8) is 0 Å². The first-order valence-corrected chi connectivity index (χ1v) is 16.1. The van der Waals surface area contributed by atoms with Crippen molar-refractivity contribution >= 4 is 55.6 Å². The minimum absolute atomic E-state index is 1.04. The molecule has 1 aromatic heterocycles. The molecule has 8 aromatic rings. The van der Waals surface area contributed by atoms with Gasteiger partial charge in [0.25, 0.3) is 0 Å². The number of hydrogen-bond donors (Lipinski definition) is 0. The van der Waals surface area contributed by atoms with E-state index in [1.54, 1.807) is 0 Å². The summed E-state index contributed by atoms with van der Waals surface area (Å²) in [5.74, 6) is 0. The second-order valence-corrected chi connectivity index (χ2v) is 12.1. The summed E-state index contributed by atoms with van der Waals surface area (Å²) in [7, 11) is 0. The first-order chi connectivity index (χ1) is 22.8. The molecule has 1 aliphatic rings. The van der Waals surface area contributed by atoms with Gasteiger partial charge in [-0.15, -0.1) is 0 Å². The first-order valence-electron chi connectivity index (χ1n) is 16.1. The number of nitrogens with zero attached hydrogens (tertiary/aromatic N) is 2. The zero-order chi connectivity index (χ0) is 30.5. The highest BCUT2D eigenvalue weighted by atomic mass is 15.1. The number of hydrogen-bond acceptors (Lipinski definition) is 1. The molecule has 0 aliphatic heterocycles. The van der Waals surface area contributed by atoms with Gasteiger partial charge in [-0.3, -0.25) is 0 Å². The zero-order valence-corrected chi connectivity index (χ0v) is 25.5. The summed E-state index contributed by atoms with van der Waals surface area (Å²) >= 11 is 0. The van der Waals surface area contributed by atoms with Gasteiger partial charge in [0.05, 0.1) is 11.2 Å². The molecule has 0 saturated carbocycles. The monoisotopic (exact) mass is 588 g/mol. The predicted octanol–water partition coefficient (Wildman–Crippen LogP) is 12.0. The minimum atomic E-state index is 1.04. The Kier molecular flexibility index (Phi) is 6.31. The summed E-state index contributed by atoms with van der Waals surface area (Å²) in [6, 6.07) is 57.2. The lowest BCUT2D eigenvalue weighted by molar-refractivity contribution is 0.890. The highest BCUT2D eigenvalue weighted by molar-refractivity contribution is 6.16. The third-order valence-electron chi connectivity index (χ3n) is 9.42. The SMILES string of the molecule is C1=Cc2c(n(-c3ccccc3)c3c2cc(-c2ccc(N(c4ccccc4)c4cccc5ccccc45)cc2)c2ccccc23)CC1. The molecule has 0 bridgehead atoms. The first kappa shape index (κ1) is 26.5. The van der Waals surface area contributed by atoms with Crippen molar-refractivity contribution in [1.29, 1.82) is 0 Å². The molecule has 2 heteroatoms. The number of benzene rings is 7. The van der Waals surface area contributed by atoms with Crippen LogP contribution < -0.4 is 4.90 Å². The molecule has 0 spiro atoms. The van der Waals surface area contributed by atoms with E-state index in [1.165, 1.54) is 66.2 Å². The number of allylic oxidation sites excluding steroid dienone is 1. The third kappa shape index (κ3) is 4.26. The van der Waals surface area contributed by atoms with Gasteiger partial charge < -0.3 is 9.47 Å². The summed E-state index contributed by atoms with van der Waals surface area (Å²) in [6.45, 7) is 0. The van der Waals surface area contributed by atoms with Crippen LogP contribution in [0.15, 0.2) is 164 Å². The molecule has 218 valence electrons. The van der Waals surface area contributed by atoms with E-state index in [4.69, 9.17) is 0 Å². The number of rotatable bonds is 5. The van der Waals surface area contributed by atoms with E-state index < -0.39 is 0 Å². The fourth-order valence-corrected chi connectivity index (χ4v) is 7.37. The van der Waals surface area contributed by atoms with Crippen molar-refractivity contribution in [2.24, 2.45) is 0 Å². The number of para-hydroxylation sites is 2. The predicted molar refractivity (Wildman–Crippen MR) is 196 cm³/mol. The van der Waals surface area contributed by atoms with Gasteiger partial charge >= 0.3 is 0 Å². The maximum Gasteiger partial charge on any atom is 0.0616 e. The fraction of sp³-hybridized carbons (Fsp3) is 0.0455. The second kappa shape index (κ2) is 10.9. The highest BCUT2D eigenvalue weighted by Crippen LogP contribution is 2.43. The largest absolute Gasteiger partial charge is 0.312 e. The Morgan fingerprint density at radius 2 is 1.17 bits per heavy atom. The molecule has 0 fully saturated rings. The minimum Gasteiger partial charge on any atom is -0.312 e. The summed E-state index contributed by atoms with van der Waals surface area (Å²) in [5, 5.41) is 6.33. The van der Waals surface area contributed by atoms with E-state index in [1.807, 2.05) is 0 Å². The van der Waals surface area contributed by atoms with Crippen LogP contribution in [0.4, 0.5) is 17.1 Å². The van der Waals surface area contributed by atoms with Crippen molar-refractivity contribution in [3.8, 4) is 16.8 Å². The third-order valence-corrected chi connectivity index (χ3v) is 9.42. The Balaban J connectivity index is 1.24. The quantitative estimate of drug-likeness (QED) is 0.194. The standard InChI is InChI=1S/C44H32N2/c1-3-16-33(17-4-1)45(42-25-13-15-31-14-7-8-20-36(31)42)35-28-26-32(27-29-35)40-30-41-38-22-11-12-24-43(38)46(34-18-5-2-6-19-34)44(41)39-23-10-9-21-37(39)40/h1-11,13-23,25-30H,12,24H2. The van der Waals surface area contributed by atoms with Crippen LogP contribution in [0.25, 0.3) is 55.3 Å². The molecule has 0 radical (unpaired) electrons. The number of anilines is 3. The van der Waals surface area contributed by atoms with Crippen LogP contribution in [0.1, 0.15) is 17.7 Å². The summed E-state index contributed by atoms with van der Waals surface area (Å²) < 4.78 is 2.51. The van der Waals surface area contributed by atoms with Gasteiger partial charge in [-0.05, 0) is 83.3 Å². The Morgan fingerprint density at radius 1 is 0.522 bits per heavy atom. The maximum atomic E-state index is 2.51. The van der Waals surface area contributed by atoms with Crippen LogP contribution in [-0.4, -0.2) is 4.57 Å². The lowest BCUT2D eigenvalue weighted by atomic mass is 9.93. The molecule has 7 aromatic carbocycles. The average molecular weight is 589 g/mol. The van der Waals surface area contributed by atoms with E-state index in [0.717, 1.165) is 24.2 Å². The summed E-state index contributed by atoms with van der Waals surface area (Å²) in [5.41, 5.74) is 11.2. The maximum absolute atomic E-state index is 2.51. The molecule has 46 heavy (non-hydrogen) atoms. The summed E-state index contributed by atoms with van der Waals surface area (Å²) in [4.78, 5) is 2.37. The van der Waals surface area contributed by atoms with E-state index in [2.05, 4.69) is 179 Å². The molecule has 0 N–H and O–H groups in total. The Morgan fingerprint density at radius 3 is 1.98 bits per heavy atom. The molecule has 0 amide bonds. The van der Waals surface area contributed by atoms with Crippen LogP contribution >= 0.6 is 0 Å². The summed E-state index contributed by atoms with van der Waals surface area (Å²) in [6.07, 6.45) is 6.77. The van der Waals surface area contributed by atoms with Crippen molar-refractivity contribution in [2.45, 2.75) is 12.8 Å². The Hall–Kier alpha value is -5.86.